The molecule has 4 heteroatoms. The summed E-state index contributed by atoms with van der Waals surface area (Å²) in [7, 11) is 0. The van der Waals surface area contributed by atoms with Crippen LogP contribution in [-0.2, 0) is 0 Å². The van der Waals surface area contributed by atoms with Crippen LogP contribution in [0.1, 0.15) is 0 Å². The van der Waals surface area contributed by atoms with Gasteiger partial charge in [-0.1, -0.05) is 72.8 Å². The fourth-order valence-corrected chi connectivity index (χ4v) is 3.60. The lowest BCUT2D eigenvalue weighted by Crippen LogP contribution is -2.14. The van der Waals surface area contributed by atoms with Gasteiger partial charge in [0.2, 0.25) is 0 Å². The molecule has 0 aromatic heterocycles. The van der Waals surface area contributed by atoms with Crippen molar-refractivity contribution in [2.24, 2.45) is 0 Å². The molecule has 5 aromatic rings. The van der Waals surface area contributed by atoms with Gasteiger partial charge in [-0.15, -0.1) is 0 Å². The van der Waals surface area contributed by atoms with Gasteiger partial charge in [0.05, 0.1) is 0 Å². The maximum atomic E-state index is 14.4. The van der Waals surface area contributed by atoms with Crippen molar-refractivity contribution in [1.29, 1.82) is 0 Å². The molecule has 140 valence electrons. The van der Waals surface area contributed by atoms with Crippen LogP contribution in [0.4, 0.5) is 9.18 Å². The van der Waals surface area contributed by atoms with E-state index < -0.39 is 6.16 Å². The van der Waals surface area contributed by atoms with Crippen LogP contribution in [0, 0.1) is 5.82 Å². The van der Waals surface area contributed by atoms with Gasteiger partial charge in [-0.2, -0.15) is 0 Å². The molecular weight excluding hydrogens is 367 g/mol. The topological polar surface area (TPSA) is 35.5 Å². The summed E-state index contributed by atoms with van der Waals surface area (Å²) >= 11 is 0. The molecular formula is C25H15FO3. The minimum absolute atomic E-state index is 0.280. The first kappa shape index (κ1) is 17.2. The summed E-state index contributed by atoms with van der Waals surface area (Å²) in [6.45, 7) is 0. The van der Waals surface area contributed by atoms with Gasteiger partial charge in [0.15, 0.2) is 0 Å². The second kappa shape index (κ2) is 6.91. The minimum Gasteiger partial charge on any atom is -0.394 e. The number of hydrogen-bond donors (Lipinski definition) is 0. The SMILES string of the molecule is O=C(Oc1cccc2ccccc12)Oc1c2ccccc2cc2c(F)cccc12. The fraction of sp³-hybridized carbons (Fsp3) is 0. The molecule has 5 aromatic carbocycles. The molecule has 0 atom stereocenters. The van der Waals surface area contributed by atoms with E-state index in [9.17, 15) is 9.18 Å². The van der Waals surface area contributed by atoms with Crippen LogP contribution in [0.25, 0.3) is 32.3 Å². The quantitative estimate of drug-likeness (QED) is 0.190. The highest BCUT2D eigenvalue weighted by atomic mass is 19.1. The van der Waals surface area contributed by atoms with E-state index in [1.807, 2.05) is 60.7 Å². The Morgan fingerprint density at radius 1 is 0.621 bits per heavy atom. The van der Waals surface area contributed by atoms with E-state index in [1.54, 1.807) is 24.3 Å². The summed E-state index contributed by atoms with van der Waals surface area (Å²) < 4.78 is 25.5. The van der Waals surface area contributed by atoms with E-state index in [0.29, 0.717) is 21.9 Å². The first-order chi connectivity index (χ1) is 14.2. The predicted octanol–water partition coefficient (Wildman–Crippen LogP) is 6.86. The van der Waals surface area contributed by atoms with Gasteiger partial charge < -0.3 is 9.47 Å². The Kier molecular flexibility index (Phi) is 4.10. The maximum Gasteiger partial charge on any atom is 0.519 e. The van der Waals surface area contributed by atoms with E-state index in [-0.39, 0.29) is 11.6 Å². The van der Waals surface area contributed by atoms with Crippen LogP contribution in [0.15, 0.2) is 91.0 Å². The van der Waals surface area contributed by atoms with Crippen LogP contribution < -0.4 is 9.47 Å². The van der Waals surface area contributed by atoms with E-state index in [0.717, 1.165) is 16.2 Å². The first-order valence-electron chi connectivity index (χ1n) is 9.18. The van der Waals surface area contributed by atoms with Crippen LogP contribution >= 0.6 is 0 Å². The average molecular weight is 382 g/mol. The van der Waals surface area contributed by atoms with Crippen molar-refractivity contribution in [1.82, 2.24) is 0 Å². The van der Waals surface area contributed by atoms with Crippen molar-refractivity contribution in [2.75, 3.05) is 0 Å². The number of benzene rings is 5. The monoisotopic (exact) mass is 382 g/mol. The van der Waals surface area contributed by atoms with Crippen LogP contribution in [-0.4, -0.2) is 6.16 Å². The minimum atomic E-state index is -0.872. The lowest BCUT2D eigenvalue weighted by Gasteiger charge is -2.13. The smallest absolute Gasteiger partial charge is 0.394 e. The summed E-state index contributed by atoms with van der Waals surface area (Å²) in [6, 6.07) is 26.9. The zero-order valence-electron chi connectivity index (χ0n) is 15.3. The Morgan fingerprint density at radius 2 is 1.28 bits per heavy atom. The summed E-state index contributed by atoms with van der Waals surface area (Å²) in [5.41, 5.74) is 0. The van der Waals surface area contributed by atoms with Crippen molar-refractivity contribution in [3.05, 3.63) is 96.8 Å². The van der Waals surface area contributed by atoms with Crippen molar-refractivity contribution in [3.8, 4) is 11.5 Å². The number of carbonyl (C=O) groups excluding carboxylic acids is 1. The number of carbonyl (C=O) groups is 1. The molecule has 3 nitrogen and oxygen atoms in total. The van der Waals surface area contributed by atoms with Gasteiger partial charge >= 0.3 is 6.16 Å². The van der Waals surface area contributed by atoms with Gasteiger partial charge in [0.1, 0.15) is 17.3 Å². The van der Waals surface area contributed by atoms with E-state index in [1.165, 1.54) is 6.07 Å². The van der Waals surface area contributed by atoms with Gasteiger partial charge in [0, 0.05) is 21.5 Å². The molecule has 0 spiro atoms. The lowest BCUT2D eigenvalue weighted by atomic mass is 10.0. The van der Waals surface area contributed by atoms with Crippen molar-refractivity contribution >= 4 is 38.5 Å². The second-order valence-electron chi connectivity index (χ2n) is 6.69. The van der Waals surface area contributed by atoms with Crippen LogP contribution in [0.2, 0.25) is 0 Å². The molecule has 0 N–H and O–H groups in total. The van der Waals surface area contributed by atoms with Crippen LogP contribution in [0.5, 0.6) is 11.5 Å². The van der Waals surface area contributed by atoms with Crippen molar-refractivity contribution < 1.29 is 18.7 Å². The zero-order chi connectivity index (χ0) is 19.8. The number of fused-ring (bicyclic) bond motifs is 3. The molecule has 0 aliphatic carbocycles. The van der Waals surface area contributed by atoms with Crippen molar-refractivity contribution in [2.45, 2.75) is 0 Å². The predicted molar refractivity (Wildman–Crippen MR) is 112 cm³/mol. The Labute approximate surface area is 165 Å². The zero-order valence-corrected chi connectivity index (χ0v) is 15.3. The molecule has 0 saturated carbocycles. The van der Waals surface area contributed by atoms with Gasteiger partial charge in [-0.3, -0.25) is 0 Å². The lowest BCUT2D eigenvalue weighted by molar-refractivity contribution is 0.153. The molecule has 29 heavy (non-hydrogen) atoms. The van der Waals surface area contributed by atoms with Gasteiger partial charge in [-0.05, 0) is 29.0 Å². The molecule has 0 saturated heterocycles. The Hall–Kier alpha value is -3.92. The number of halogens is 1. The van der Waals surface area contributed by atoms with Gasteiger partial charge in [-0.25, -0.2) is 9.18 Å². The summed E-state index contributed by atoms with van der Waals surface area (Å²) in [5, 5.41) is 4.15. The molecule has 0 amide bonds. The van der Waals surface area contributed by atoms with E-state index >= 15 is 0 Å². The summed E-state index contributed by atoms with van der Waals surface area (Å²) in [5.74, 6) is 0.312. The Morgan fingerprint density at radius 3 is 2.14 bits per heavy atom. The normalized spacial score (nSPS) is 11.1. The summed E-state index contributed by atoms with van der Waals surface area (Å²) in [6.07, 6.45) is -0.872. The van der Waals surface area contributed by atoms with E-state index in [2.05, 4.69) is 0 Å². The van der Waals surface area contributed by atoms with Gasteiger partial charge in [0.25, 0.3) is 0 Å². The number of rotatable bonds is 2. The molecule has 0 fully saturated rings. The molecule has 0 aliphatic rings. The molecule has 5 rings (SSSR count). The van der Waals surface area contributed by atoms with Crippen molar-refractivity contribution in [3.63, 3.8) is 0 Å². The highest BCUT2D eigenvalue weighted by Crippen LogP contribution is 2.36. The summed E-state index contributed by atoms with van der Waals surface area (Å²) in [4.78, 5) is 12.7. The van der Waals surface area contributed by atoms with Crippen LogP contribution in [0.3, 0.4) is 0 Å². The highest BCUT2D eigenvalue weighted by Gasteiger charge is 2.17. The fourth-order valence-electron chi connectivity index (χ4n) is 3.60. The molecule has 0 heterocycles. The third-order valence-corrected chi connectivity index (χ3v) is 4.93. The molecule has 0 unspecified atom stereocenters. The molecule has 0 radical (unpaired) electrons. The Balaban J connectivity index is 1.58. The number of hydrogen-bond acceptors (Lipinski definition) is 3. The maximum absolute atomic E-state index is 14.4. The first-order valence-corrected chi connectivity index (χ1v) is 9.18. The largest absolute Gasteiger partial charge is 0.519 e. The third kappa shape index (κ3) is 3.05. The Bertz CT molecular complexity index is 1390. The average Bonchev–Trinajstić information content (AvgIpc) is 2.75. The number of ether oxygens (including phenoxy) is 2. The standard InChI is InChI=1S/C25H15FO3/c26-22-13-6-12-20-21(22)15-17-8-2-4-11-19(17)24(20)29-25(27)28-23-14-5-9-16-7-1-3-10-18(16)23/h1-15H. The second-order valence-corrected chi connectivity index (χ2v) is 6.69. The van der Waals surface area contributed by atoms with E-state index in [4.69, 9.17) is 9.47 Å². The third-order valence-electron chi connectivity index (χ3n) is 4.93. The molecule has 0 bridgehead atoms. The molecule has 0 aliphatic heterocycles. The highest BCUT2D eigenvalue weighted by molar-refractivity contribution is 6.06.